The third-order valence-corrected chi connectivity index (χ3v) is 6.80. The second kappa shape index (κ2) is 7.28. The van der Waals surface area contributed by atoms with Crippen LogP contribution in [-0.4, -0.2) is 57.1 Å². The SMILES string of the molecule is Cc1nonc1CC(=O)N1C2CCC1CN(C(=O)c1cccc3c1CCC3)CC2. The predicted molar refractivity (Wildman–Crippen MR) is 105 cm³/mol. The normalized spacial score (nSPS) is 23.2. The highest BCUT2D eigenvalue weighted by Gasteiger charge is 2.41. The van der Waals surface area contributed by atoms with E-state index in [0.717, 1.165) is 44.1 Å². The van der Waals surface area contributed by atoms with E-state index < -0.39 is 0 Å². The van der Waals surface area contributed by atoms with E-state index in [0.29, 0.717) is 24.5 Å². The summed E-state index contributed by atoms with van der Waals surface area (Å²) in [7, 11) is 0. The molecule has 3 heterocycles. The number of aryl methyl sites for hydroxylation is 2. The van der Waals surface area contributed by atoms with Crippen LogP contribution in [0.4, 0.5) is 0 Å². The molecule has 2 amide bonds. The van der Waals surface area contributed by atoms with E-state index >= 15 is 0 Å². The molecule has 1 aliphatic carbocycles. The highest BCUT2D eigenvalue weighted by Crippen LogP contribution is 2.33. The van der Waals surface area contributed by atoms with E-state index in [4.69, 9.17) is 4.63 Å². The van der Waals surface area contributed by atoms with Crippen LogP contribution in [-0.2, 0) is 24.1 Å². The van der Waals surface area contributed by atoms with Gasteiger partial charge in [-0.05, 0) is 62.6 Å². The van der Waals surface area contributed by atoms with Gasteiger partial charge in [-0.2, -0.15) is 0 Å². The van der Waals surface area contributed by atoms with E-state index in [1.165, 1.54) is 11.1 Å². The Morgan fingerprint density at radius 2 is 2.00 bits per heavy atom. The average molecular weight is 394 g/mol. The van der Waals surface area contributed by atoms with Crippen LogP contribution in [0.15, 0.2) is 22.8 Å². The summed E-state index contributed by atoms with van der Waals surface area (Å²) in [6, 6.07) is 6.40. The van der Waals surface area contributed by atoms with E-state index in [1.807, 2.05) is 21.9 Å². The zero-order chi connectivity index (χ0) is 20.0. The van der Waals surface area contributed by atoms with Gasteiger partial charge in [0.2, 0.25) is 5.91 Å². The topological polar surface area (TPSA) is 79.5 Å². The van der Waals surface area contributed by atoms with Gasteiger partial charge in [0.25, 0.3) is 5.91 Å². The number of likely N-dealkylation sites (tertiary alicyclic amines) is 1. The van der Waals surface area contributed by atoms with Gasteiger partial charge in [-0.1, -0.05) is 22.4 Å². The Kier molecular flexibility index (Phi) is 4.60. The number of amides is 2. The molecule has 2 fully saturated rings. The van der Waals surface area contributed by atoms with Crippen molar-refractivity contribution < 1.29 is 14.2 Å². The van der Waals surface area contributed by atoms with Crippen LogP contribution in [0.25, 0.3) is 0 Å². The Labute approximate surface area is 170 Å². The molecule has 2 aromatic rings. The van der Waals surface area contributed by atoms with Crippen molar-refractivity contribution >= 4 is 11.8 Å². The zero-order valence-corrected chi connectivity index (χ0v) is 16.8. The molecule has 7 nitrogen and oxygen atoms in total. The number of rotatable bonds is 3. The first-order valence-corrected chi connectivity index (χ1v) is 10.6. The fourth-order valence-corrected chi connectivity index (χ4v) is 5.30. The molecule has 0 saturated carbocycles. The third-order valence-electron chi connectivity index (χ3n) is 6.80. The van der Waals surface area contributed by atoms with E-state index in [9.17, 15) is 9.59 Å². The average Bonchev–Trinajstić information content (AvgIpc) is 3.40. The monoisotopic (exact) mass is 394 g/mol. The number of aromatic nitrogens is 2. The summed E-state index contributed by atoms with van der Waals surface area (Å²) in [6.45, 7) is 3.12. The van der Waals surface area contributed by atoms with Crippen molar-refractivity contribution in [2.75, 3.05) is 13.1 Å². The van der Waals surface area contributed by atoms with Gasteiger partial charge in [-0.15, -0.1) is 0 Å². The lowest BCUT2D eigenvalue weighted by Crippen LogP contribution is -2.45. The number of benzene rings is 1. The molecule has 1 aromatic carbocycles. The molecule has 0 spiro atoms. The first kappa shape index (κ1) is 18.3. The van der Waals surface area contributed by atoms with Crippen LogP contribution in [0.1, 0.15) is 58.6 Å². The molecular weight excluding hydrogens is 368 g/mol. The van der Waals surface area contributed by atoms with Gasteiger partial charge in [0.15, 0.2) is 0 Å². The van der Waals surface area contributed by atoms with Crippen LogP contribution < -0.4 is 0 Å². The molecule has 2 unspecified atom stereocenters. The van der Waals surface area contributed by atoms with Gasteiger partial charge in [0, 0.05) is 30.7 Å². The van der Waals surface area contributed by atoms with Gasteiger partial charge in [0.1, 0.15) is 11.4 Å². The summed E-state index contributed by atoms with van der Waals surface area (Å²) in [6.07, 6.45) is 6.19. The predicted octanol–water partition coefficient (Wildman–Crippen LogP) is 2.31. The lowest BCUT2D eigenvalue weighted by atomic mass is 10.0. The number of hydrogen-bond donors (Lipinski definition) is 0. The lowest BCUT2D eigenvalue weighted by Gasteiger charge is -2.29. The van der Waals surface area contributed by atoms with Crippen LogP contribution >= 0.6 is 0 Å². The molecule has 2 saturated heterocycles. The quantitative estimate of drug-likeness (QED) is 0.798. The fourth-order valence-electron chi connectivity index (χ4n) is 5.30. The molecule has 2 atom stereocenters. The van der Waals surface area contributed by atoms with E-state index in [-0.39, 0.29) is 30.3 Å². The van der Waals surface area contributed by atoms with Gasteiger partial charge in [-0.3, -0.25) is 9.59 Å². The van der Waals surface area contributed by atoms with Crippen molar-refractivity contribution in [3.8, 4) is 0 Å². The fraction of sp³-hybridized carbons (Fsp3) is 0.545. The molecule has 152 valence electrons. The number of fused-ring (bicyclic) bond motifs is 3. The maximum absolute atomic E-state index is 13.4. The highest BCUT2D eigenvalue weighted by atomic mass is 16.6. The molecule has 2 bridgehead atoms. The molecular formula is C22H26N4O3. The second-order valence-electron chi connectivity index (χ2n) is 8.50. The smallest absolute Gasteiger partial charge is 0.254 e. The minimum absolute atomic E-state index is 0.0613. The Hall–Kier alpha value is -2.70. The Bertz CT molecular complexity index is 953. The first-order valence-electron chi connectivity index (χ1n) is 10.6. The molecule has 3 aliphatic rings. The van der Waals surface area contributed by atoms with Crippen LogP contribution in [0.3, 0.4) is 0 Å². The van der Waals surface area contributed by atoms with Crippen molar-refractivity contribution in [3.63, 3.8) is 0 Å². The first-order chi connectivity index (χ1) is 14.1. The summed E-state index contributed by atoms with van der Waals surface area (Å²) in [5.74, 6) is 0.187. The maximum Gasteiger partial charge on any atom is 0.254 e. The van der Waals surface area contributed by atoms with Crippen molar-refractivity contribution in [3.05, 3.63) is 46.3 Å². The van der Waals surface area contributed by atoms with Gasteiger partial charge in [-0.25, -0.2) is 4.63 Å². The van der Waals surface area contributed by atoms with E-state index in [1.54, 1.807) is 6.92 Å². The second-order valence-corrected chi connectivity index (χ2v) is 8.50. The summed E-state index contributed by atoms with van der Waals surface area (Å²) in [5.41, 5.74) is 4.68. The standard InChI is InChI=1S/C22H26N4O3/c1-14-20(24-29-23-14)12-21(27)26-16-8-9-17(26)13-25(11-10-16)22(28)19-7-3-5-15-4-2-6-18(15)19/h3,5,7,16-17H,2,4,6,8-13H2,1H3. The summed E-state index contributed by atoms with van der Waals surface area (Å²) >= 11 is 0. The summed E-state index contributed by atoms with van der Waals surface area (Å²) in [5, 5.41) is 7.64. The van der Waals surface area contributed by atoms with Crippen molar-refractivity contribution in [1.82, 2.24) is 20.1 Å². The molecule has 1 aromatic heterocycles. The van der Waals surface area contributed by atoms with E-state index in [2.05, 4.69) is 16.4 Å². The van der Waals surface area contributed by atoms with Crippen LogP contribution in [0, 0.1) is 6.92 Å². The number of hydrogen-bond acceptors (Lipinski definition) is 5. The highest BCUT2D eigenvalue weighted by molar-refractivity contribution is 5.96. The van der Waals surface area contributed by atoms with Gasteiger partial charge in [0.05, 0.1) is 6.42 Å². The molecule has 7 heteroatoms. The largest absolute Gasteiger partial charge is 0.336 e. The maximum atomic E-state index is 13.4. The van der Waals surface area contributed by atoms with Crippen molar-refractivity contribution in [2.45, 2.75) is 64.0 Å². The Morgan fingerprint density at radius 3 is 2.83 bits per heavy atom. The number of nitrogens with zero attached hydrogens (tertiary/aromatic N) is 4. The van der Waals surface area contributed by atoms with Crippen LogP contribution in [0.5, 0.6) is 0 Å². The van der Waals surface area contributed by atoms with Crippen molar-refractivity contribution in [2.24, 2.45) is 0 Å². The molecule has 0 radical (unpaired) electrons. The molecule has 2 aliphatic heterocycles. The molecule has 5 rings (SSSR count). The summed E-state index contributed by atoms with van der Waals surface area (Å²) < 4.78 is 4.74. The molecule has 0 N–H and O–H groups in total. The molecule has 29 heavy (non-hydrogen) atoms. The number of carbonyl (C=O) groups is 2. The third kappa shape index (κ3) is 3.22. The van der Waals surface area contributed by atoms with Crippen LogP contribution in [0.2, 0.25) is 0 Å². The van der Waals surface area contributed by atoms with Gasteiger partial charge >= 0.3 is 0 Å². The Balaban J connectivity index is 1.34. The minimum Gasteiger partial charge on any atom is -0.336 e. The van der Waals surface area contributed by atoms with Gasteiger partial charge < -0.3 is 9.80 Å². The Morgan fingerprint density at radius 1 is 1.14 bits per heavy atom. The van der Waals surface area contributed by atoms with Crippen molar-refractivity contribution in [1.29, 1.82) is 0 Å². The summed E-state index contributed by atoms with van der Waals surface area (Å²) in [4.78, 5) is 30.4. The minimum atomic E-state index is 0.0613. The number of carbonyl (C=O) groups excluding carboxylic acids is 2. The zero-order valence-electron chi connectivity index (χ0n) is 16.8. The lowest BCUT2D eigenvalue weighted by molar-refractivity contribution is -0.133.